The van der Waals surface area contributed by atoms with Crippen LogP contribution < -0.4 is 5.32 Å². The summed E-state index contributed by atoms with van der Waals surface area (Å²) in [5, 5.41) is 3.48. The summed E-state index contributed by atoms with van der Waals surface area (Å²) in [7, 11) is 0. The van der Waals surface area contributed by atoms with Crippen LogP contribution in [0.25, 0.3) is 0 Å². The average molecular weight is 272 g/mol. The molecule has 1 fully saturated rings. The number of carbonyl (C=O) groups excluding carboxylic acids is 1. The fraction of sp³-hybridized carbons (Fsp3) is 0.188. The van der Waals surface area contributed by atoms with Crippen LogP contribution in [0, 0.1) is 5.92 Å². The molecule has 0 heterocycles. The minimum Gasteiger partial charge on any atom is -0.325 e. The number of carbonyl (C=O) groups is 1. The summed E-state index contributed by atoms with van der Waals surface area (Å²) in [4.78, 5) is 12.1. The second-order valence-electron chi connectivity index (χ2n) is 4.83. The zero-order valence-corrected chi connectivity index (χ0v) is 11.1. The van der Waals surface area contributed by atoms with Gasteiger partial charge in [-0.15, -0.1) is 0 Å². The van der Waals surface area contributed by atoms with Crippen LogP contribution in [0.15, 0.2) is 54.6 Å². The van der Waals surface area contributed by atoms with Crippen LogP contribution in [0.1, 0.15) is 17.9 Å². The lowest BCUT2D eigenvalue weighted by Crippen LogP contribution is -2.14. The van der Waals surface area contributed by atoms with Crippen molar-refractivity contribution < 1.29 is 4.79 Å². The molecule has 2 nitrogen and oxygen atoms in total. The van der Waals surface area contributed by atoms with E-state index in [1.54, 1.807) is 6.07 Å². The van der Waals surface area contributed by atoms with E-state index >= 15 is 0 Å². The first kappa shape index (κ1) is 12.2. The Morgan fingerprint density at radius 3 is 2.47 bits per heavy atom. The van der Waals surface area contributed by atoms with E-state index in [0.29, 0.717) is 16.6 Å². The molecule has 0 aromatic heterocycles. The molecule has 2 atom stereocenters. The van der Waals surface area contributed by atoms with Crippen LogP contribution in [-0.4, -0.2) is 5.91 Å². The van der Waals surface area contributed by atoms with Crippen LogP contribution in [0.5, 0.6) is 0 Å². The van der Waals surface area contributed by atoms with Crippen LogP contribution in [-0.2, 0) is 4.79 Å². The number of halogens is 1. The molecule has 96 valence electrons. The summed E-state index contributed by atoms with van der Waals surface area (Å²) in [5.74, 6) is 0.476. The summed E-state index contributed by atoms with van der Waals surface area (Å²) in [6.07, 6.45) is 0.917. The summed E-state index contributed by atoms with van der Waals surface area (Å²) in [6, 6.07) is 17.5. The smallest absolute Gasteiger partial charge is 0.228 e. The third kappa shape index (κ3) is 2.64. The van der Waals surface area contributed by atoms with Gasteiger partial charge in [-0.2, -0.15) is 0 Å². The first-order valence-corrected chi connectivity index (χ1v) is 6.74. The summed E-state index contributed by atoms with van der Waals surface area (Å²) in [5.41, 5.74) is 1.93. The Morgan fingerprint density at radius 2 is 1.74 bits per heavy atom. The highest BCUT2D eigenvalue weighted by atomic mass is 35.5. The zero-order valence-electron chi connectivity index (χ0n) is 10.3. The highest BCUT2D eigenvalue weighted by Gasteiger charge is 2.43. The third-order valence-electron chi connectivity index (χ3n) is 3.49. The topological polar surface area (TPSA) is 29.1 Å². The molecule has 3 rings (SSSR count). The van der Waals surface area contributed by atoms with E-state index in [1.165, 1.54) is 5.56 Å². The van der Waals surface area contributed by atoms with Crippen molar-refractivity contribution in [3.05, 3.63) is 65.2 Å². The van der Waals surface area contributed by atoms with Crippen molar-refractivity contribution in [2.75, 3.05) is 5.32 Å². The summed E-state index contributed by atoms with van der Waals surface area (Å²) >= 11 is 6.03. The summed E-state index contributed by atoms with van der Waals surface area (Å²) in [6.45, 7) is 0. The number of anilines is 1. The largest absolute Gasteiger partial charge is 0.325 e. The fourth-order valence-corrected chi connectivity index (χ4v) is 2.52. The molecule has 2 aromatic carbocycles. The maximum absolute atomic E-state index is 12.1. The van der Waals surface area contributed by atoms with Gasteiger partial charge >= 0.3 is 0 Å². The van der Waals surface area contributed by atoms with Gasteiger partial charge in [-0.1, -0.05) is 54.1 Å². The minimum atomic E-state index is 0.0574. The molecule has 19 heavy (non-hydrogen) atoms. The number of benzene rings is 2. The van der Waals surface area contributed by atoms with E-state index in [1.807, 2.05) is 36.4 Å². The second-order valence-corrected chi connectivity index (χ2v) is 5.24. The Kier molecular flexibility index (Phi) is 3.26. The molecule has 1 amide bonds. The van der Waals surface area contributed by atoms with E-state index in [0.717, 1.165) is 6.42 Å². The summed E-state index contributed by atoms with van der Waals surface area (Å²) < 4.78 is 0. The third-order valence-corrected chi connectivity index (χ3v) is 3.82. The van der Waals surface area contributed by atoms with Crippen LogP contribution in [0.2, 0.25) is 5.02 Å². The van der Waals surface area contributed by atoms with Crippen molar-refractivity contribution in [2.45, 2.75) is 12.3 Å². The van der Waals surface area contributed by atoms with Crippen molar-refractivity contribution in [3.63, 3.8) is 0 Å². The Hall–Kier alpha value is -1.80. The molecule has 0 saturated heterocycles. The lowest BCUT2D eigenvalue weighted by Gasteiger charge is -2.06. The average Bonchev–Trinajstić information content (AvgIpc) is 3.23. The number of amides is 1. The molecule has 1 N–H and O–H groups in total. The standard InChI is InChI=1S/C16H14ClNO/c17-14-8-4-5-9-15(14)18-16(19)13-10-12(13)11-6-2-1-3-7-11/h1-9,12-13H,10H2,(H,18,19). The lowest BCUT2D eigenvalue weighted by molar-refractivity contribution is -0.117. The molecular weight excluding hydrogens is 258 g/mol. The first-order chi connectivity index (χ1) is 9.25. The Balaban J connectivity index is 1.66. The lowest BCUT2D eigenvalue weighted by atomic mass is 10.1. The van der Waals surface area contributed by atoms with Crippen molar-refractivity contribution >= 4 is 23.2 Å². The molecule has 0 aliphatic heterocycles. The van der Waals surface area contributed by atoms with Crippen molar-refractivity contribution in [1.29, 1.82) is 0 Å². The Bertz CT molecular complexity index is 597. The second kappa shape index (κ2) is 5.06. The molecule has 2 unspecified atom stereocenters. The van der Waals surface area contributed by atoms with Crippen molar-refractivity contribution in [2.24, 2.45) is 5.92 Å². The van der Waals surface area contributed by atoms with Crippen molar-refractivity contribution in [3.8, 4) is 0 Å². The van der Waals surface area contributed by atoms with Crippen LogP contribution >= 0.6 is 11.6 Å². The van der Waals surface area contributed by atoms with E-state index in [-0.39, 0.29) is 11.8 Å². The van der Waals surface area contributed by atoms with Gasteiger partial charge in [0.2, 0.25) is 5.91 Å². The highest BCUT2D eigenvalue weighted by Crippen LogP contribution is 2.48. The predicted molar refractivity (Wildman–Crippen MR) is 77.4 cm³/mol. The fourth-order valence-electron chi connectivity index (χ4n) is 2.34. The Morgan fingerprint density at radius 1 is 1.05 bits per heavy atom. The normalized spacial score (nSPS) is 20.9. The maximum atomic E-state index is 12.1. The van der Waals surface area contributed by atoms with Gasteiger partial charge in [-0.05, 0) is 30.0 Å². The first-order valence-electron chi connectivity index (χ1n) is 6.36. The maximum Gasteiger partial charge on any atom is 0.228 e. The molecule has 1 aliphatic carbocycles. The van der Waals surface area contributed by atoms with E-state index in [4.69, 9.17) is 11.6 Å². The van der Waals surface area contributed by atoms with Gasteiger partial charge in [0.1, 0.15) is 0 Å². The van der Waals surface area contributed by atoms with Crippen LogP contribution in [0.4, 0.5) is 5.69 Å². The van der Waals surface area contributed by atoms with Gasteiger partial charge in [0.15, 0.2) is 0 Å². The number of hydrogen-bond acceptors (Lipinski definition) is 1. The van der Waals surface area contributed by atoms with Gasteiger partial charge in [-0.3, -0.25) is 4.79 Å². The van der Waals surface area contributed by atoms with Gasteiger partial charge in [0.05, 0.1) is 10.7 Å². The molecule has 0 radical (unpaired) electrons. The van der Waals surface area contributed by atoms with Gasteiger partial charge in [-0.25, -0.2) is 0 Å². The van der Waals surface area contributed by atoms with Crippen LogP contribution in [0.3, 0.4) is 0 Å². The molecule has 0 bridgehead atoms. The number of para-hydroxylation sites is 1. The monoisotopic (exact) mass is 271 g/mol. The molecule has 3 heteroatoms. The van der Waals surface area contributed by atoms with Gasteiger partial charge in [0, 0.05) is 5.92 Å². The SMILES string of the molecule is O=C(Nc1ccccc1Cl)C1CC1c1ccccc1. The number of nitrogens with one attached hydrogen (secondary N) is 1. The zero-order chi connectivity index (χ0) is 13.2. The molecule has 1 aliphatic rings. The quantitative estimate of drug-likeness (QED) is 0.895. The molecule has 1 saturated carbocycles. The molecule has 2 aromatic rings. The predicted octanol–water partition coefficient (Wildman–Crippen LogP) is 4.08. The highest BCUT2D eigenvalue weighted by molar-refractivity contribution is 6.33. The van der Waals surface area contributed by atoms with E-state index < -0.39 is 0 Å². The van der Waals surface area contributed by atoms with Gasteiger partial charge in [0.25, 0.3) is 0 Å². The number of hydrogen-bond donors (Lipinski definition) is 1. The van der Waals surface area contributed by atoms with Crippen molar-refractivity contribution in [1.82, 2.24) is 0 Å². The van der Waals surface area contributed by atoms with E-state index in [9.17, 15) is 4.79 Å². The molecule has 0 spiro atoms. The Labute approximate surface area is 117 Å². The molecular formula is C16H14ClNO. The minimum absolute atomic E-state index is 0.0574. The van der Waals surface area contributed by atoms with Gasteiger partial charge < -0.3 is 5.32 Å². The van der Waals surface area contributed by atoms with E-state index in [2.05, 4.69) is 17.4 Å². The number of rotatable bonds is 3.